The number of rotatable bonds is 4. The van der Waals surface area contributed by atoms with Gasteiger partial charge in [-0.25, -0.2) is 19.9 Å². The largest absolute Gasteiger partial charge is 0.390 e. The molecule has 0 bridgehead atoms. The minimum absolute atomic E-state index is 0.0114. The molecule has 0 saturated carbocycles. The summed E-state index contributed by atoms with van der Waals surface area (Å²) in [7, 11) is -3.38. The Labute approximate surface area is 116 Å². The third-order valence-electron chi connectivity index (χ3n) is 1.87. The number of aliphatic hydroxyl groups excluding tert-OH is 1. The van der Waals surface area contributed by atoms with Crippen LogP contribution in [0.25, 0.3) is 0 Å². The Kier molecular flexibility index (Phi) is 6.64. The molecule has 2 heterocycles. The van der Waals surface area contributed by atoms with Gasteiger partial charge in [0.2, 0.25) is 0 Å². The molecular weight excluding hydrogens is 284 g/mol. The molecule has 0 saturated heterocycles. The molecule has 0 aliphatic rings. The second-order valence-electron chi connectivity index (χ2n) is 3.53. The molecule has 2 rings (SSSR count). The third-order valence-corrected chi connectivity index (χ3v) is 2.42. The van der Waals surface area contributed by atoms with Crippen molar-refractivity contribution in [2.75, 3.05) is 6.26 Å². The zero-order chi connectivity index (χ0) is 14.8. The van der Waals surface area contributed by atoms with Gasteiger partial charge < -0.3 is 5.11 Å². The maximum atomic E-state index is 10.5. The average molecular weight is 298 g/mol. The number of aliphatic hydroxyl groups is 1. The molecule has 8 nitrogen and oxygen atoms in total. The van der Waals surface area contributed by atoms with Gasteiger partial charge >= 0.3 is 0 Å². The van der Waals surface area contributed by atoms with Crippen LogP contribution in [0.15, 0.2) is 37.2 Å². The topological polar surface area (TPSA) is 115 Å². The van der Waals surface area contributed by atoms with Gasteiger partial charge in [-0.3, -0.25) is 4.18 Å². The van der Waals surface area contributed by atoms with Crippen LogP contribution in [0.2, 0.25) is 0 Å². The molecular formula is C11H14N4O4S. The lowest BCUT2D eigenvalue weighted by Gasteiger charge is -1.98. The van der Waals surface area contributed by atoms with E-state index in [-0.39, 0.29) is 13.2 Å². The van der Waals surface area contributed by atoms with Crippen LogP contribution >= 0.6 is 0 Å². The predicted octanol–water partition coefficient (Wildman–Crippen LogP) is -0.0783. The van der Waals surface area contributed by atoms with Crippen molar-refractivity contribution in [3.63, 3.8) is 0 Å². The fraction of sp³-hybridized carbons (Fsp3) is 0.273. The van der Waals surface area contributed by atoms with E-state index in [1.807, 2.05) is 0 Å². The molecule has 9 heteroatoms. The van der Waals surface area contributed by atoms with Gasteiger partial charge in [0, 0.05) is 12.4 Å². The van der Waals surface area contributed by atoms with Crippen LogP contribution < -0.4 is 0 Å². The maximum absolute atomic E-state index is 10.5. The molecule has 0 radical (unpaired) electrons. The second kappa shape index (κ2) is 8.25. The first kappa shape index (κ1) is 16.1. The first-order chi connectivity index (χ1) is 9.51. The molecule has 2 aromatic rings. The van der Waals surface area contributed by atoms with Gasteiger partial charge in [-0.05, 0) is 12.1 Å². The van der Waals surface area contributed by atoms with Crippen molar-refractivity contribution in [1.29, 1.82) is 0 Å². The fourth-order valence-electron chi connectivity index (χ4n) is 0.982. The molecule has 0 amide bonds. The third kappa shape index (κ3) is 7.46. The van der Waals surface area contributed by atoms with Gasteiger partial charge in [0.05, 0.1) is 24.3 Å². The van der Waals surface area contributed by atoms with E-state index in [1.54, 1.807) is 18.3 Å². The summed E-state index contributed by atoms with van der Waals surface area (Å²) in [5.41, 5.74) is 1.19. The Morgan fingerprint density at radius 3 is 2.00 bits per heavy atom. The first-order valence-corrected chi connectivity index (χ1v) is 7.28. The Morgan fingerprint density at radius 1 is 1.10 bits per heavy atom. The lowest BCUT2D eigenvalue weighted by Crippen LogP contribution is -2.03. The Bertz CT molecular complexity index is 592. The van der Waals surface area contributed by atoms with E-state index in [0.29, 0.717) is 11.4 Å². The quantitative estimate of drug-likeness (QED) is 0.779. The number of aromatic nitrogens is 4. The molecule has 1 N–H and O–H groups in total. The SMILES string of the molecule is CS(=O)(=O)OCc1ccncn1.OCc1ccncn1. The van der Waals surface area contributed by atoms with E-state index < -0.39 is 10.1 Å². The zero-order valence-corrected chi connectivity index (χ0v) is 11.6. The maximum Gasteiger partial charge on any atom is 0.264 e. The summed E-state index contributed by atoms with van der Waals surface area (Å²) in [6.07, 6.45) is 6.85. The fourth-order valence-corrected chi connectivity index (χ4v) is 1.32. The van der Waals surface area contributed by atoms with Gasteiger partial charge in [0.15, 0.2) is 0 Å². The van der Waals surface area contributed by atoms with Gasteiger partial charge in [-0.2, -0.15) is 8.42 Å². The molecule has 0 spiro atoms. The van der Waals surface area contributed by atoms with E-state index in [1.165, 1.54) is 18.9 Å². The van der Waals surface area contributed by atoms with Crippen molar-refractivity contribution < 1.29 is 17.7 Å². The van der Waals surface area contributed by atoms with E-state index in [9.17, 15) is 8.42 Å². The first-order valence-electron chi connectivity index (χ1n) is 5.46. The summed E-state index contributed by atoms with van der Waals surface area (Å²) >= 11 is 0. The highest BCUT2D eigenvalue weighted by atomic mass is 32.2. The zero-order valence-electron chi connectivity index (χ0n) is 10.7. The molecule has 0 atom stereocenters. The lowest BCUT2D eigenvalue weighted by molar-refractivity contribution is 0.276. The van der Waals surface area contributed by atoms with Crippen molar-refractivity contribution in [2.24, 2.45) is 0 Å². The summed E-state index contributed by atoms with van der Waals surface area (Å²) < 4.78 is 25.6. The summed E-state index contributed by atoms with van der Waals surface area (Å²) in [6.45, 7) is -0.0517. The summed E-state index contributed by atoms with van der Waals surface area (Å²) in [5, 5.41) is 8.45. The van der Waals surface area contributed by atoms with Crippen LogP contribution in [0.3, 0.4) is 0 Å². The lowest BCUT2D eigenvalue weighted by atomic mass is 10.4. The number of hydrogen-bond acceptors (Lipinski definition) is 8. The standard InChI is InChI=1S/C6H8N2O3S.C5H6N2O/c1-12(9,10)11-4-6-2-3-7-5-8-6;8-3-5-1-2-6-4-7-5/h2-3,5H,4H2,1H3;1-2,4,8H,3H2. The van der Waals surface area contributed by atoms with Gasteiger partial charge in [-0.15, -0.1) is 0 Å². The predicted molar refractivity (Wildman–Crippen MR) is 69.6 cm³/mol. The normalized spacial score (nSPS) is 10.5. The van der Waals surface area contributed by atoms with Crippen molar-refractivity contribution in [2.45, 2.75) is 13.2 Å². The summed E-state index contributed by atoms with van der Waals surface area (Å²) in [5.74, 6) is 0. The molecule has 108 valence electrons. The molecule has 0 aliphatic carbocycles. The van der Waals surface area contributed by atoms with Crippen molar-refractivity contribution in [3.8, 4) is 0 Å². The highest BCUT2D eigenvalue weighted by Crippen LogP contribution is 1.97. The van der Waals surface area contributed by atoms with Crippen LogP contribution in [0.4, 0.5) is 0 Å². The van der Waals surface area contributed by atoms with E-state index in [2.05, 4.69) is 24.1 Å². The Hall–Kier alpha value is -1.97. The number of nitrogens with zero attached hydrogens (tertiary/aromatic N) is 4. The van der Waals surface area contributed by atoms with Crippen molar-refractivity contribution in [1.82, 2.24) is 19.9 Å². The molecule has 0 aromatic carbocycles. The van der Waals surface area contributed by atoms with Crippen LogP contribution in [0.5, 0.6) is 0 Å². The van der Waals surface area contributed by atoms with Crippen LogP contribution in [-0.2, 0) is 27.5 Å². The van der Waals surface area contributed by atoms with Crippen LogP contribution in [-0.4, -0.2) is 39.7 Å². The Balaban J connectivity index is 0.000000217. The molecule has 0 unspecified atom stereocenters. The van der Waals surface area contributed by atoms with Gasteiger partial charge in [-0.1, -0.05) is 0 Å². The average Bonchev–Trinajstić information content (AvgIpc) is 2.47. The number of hydrogen-bond donors (Lipinski definition) is 1. The van der Waals surface area contributed by atoms with E-state index >= 15 is 0 Å². The summed E-state index contributed by atoms with van der Waals surface area (Å²) in [6, 6.07) is 3.26. The van der Waals surface area contributed by atoms with E-state index in [0.717, 1.165) is 6.26 Å². The molecule has 0 aliphatic heterocycles. The van der Waals surface area contributed by atoms with Crippen LogP contribution in [0, 0.1) is 0 Å². The minimum Gasteiger partial charge on any atom is -0.390 e. The molecule has 2 aromatic heterocycles. The smallest absolute Gasteiger partial charge is 0.264 e. The van der Waals surface area contributed by atoms with Gasteiger partial charge in [0.1, 0.15) is 19.3 Å². The summed E-state index contributed by atoms with van der Waals surface area (Å²) in [4.78, 5) is 14.9. The monoisotopic (exact) mass is 298 g/mol. The van der Waals surface area contributed by atoms with E-state index in [4.69, 9.17) is 5.11 Å². The minimum atomic E-state index is -3.38. The molecule has 20 heavy (non-hydrogen) atoms. The molecule has 0 fully saturated rings. The van der Waals surface area contributed by atoms with Gasteiger partial charge in [0.25, 0.3) is 10.1 Å². The Morgan fingerprint density at radius 2 is 1.65 bits per heavy atom. The highest BCUT2D eigenvalue weighted by molar-refractivity contribution is 7.85. The van der Waals surface area contributed by atoms with Crippen molar-refractivity contribution >= 4 is 10.1 Å². The van der Waals surface area contributed by atoms with Crippen LogP contribution in [0.1, 0.15) is 11.4 Å². The second-order valence-corrected chi connectivity index (χ2v) is 5.17. The van der Waals surface area contributed by atoms with Crippen molar-refractivity contribution in [3.05, 3.63) is 48.6 Å². The highest BCUT2D eigenvalue weighted by Gasteiger charge is 2.02.